The Bertz CT molecular complexity index is 1090. The molecule has 1 N–H and O–H groups in total. The molecule has 0 fully saturated rings. The largest absolute Gasteiger partial charge is 0.416 e. The number of aliphatic hydroxyl groups is 1. The van der Waals surface area contributed by atoms with Crippen LogP contribution in [0, 0.1) is 18.3 Å². The first kappa shape index (κ1) is 21.6. The van der Waals surface area contributed by atoms with Gasteiger partial charge in [0.1, 0.15) is 6.07 Å². The van der Waals surface area contributed by atoms with Gasteiger partial charge >= 0.3 is 12.2 Å². The summed E-state index contributed by atoms with van der Waals surface area (Å²) in [6, 6.07) is 9.53. The molecule has 6 nitrogen and oxygen atoms in total. The minimum atomic E-state index is -4.45. The number of hydrogen-bond acceptors (Lipinski definition) is 6. The van der Waals surface area contributed by atoms with E-state index in [9.17, 15) is 18.3 Å². The predicted octanol–water partition coefficient (Wildman–Crippen LogP) is 5.11. The van der Waals surface area contributed by atoms with Crippen LogP contribution in [0.4, 0.5) is 24.9 Å². The number of hydrogen-bond donors (Lipinski definition) is 1. The number of alkyl halides is 3. The lowest BCUT2D eigenvalue weighted by Gasteiger charge is -2.24. The van der Waals surface area contributed by atoms with E-state index in [2.05, 4.69) is 10.2 Å². The van der Waals surface area contributed by atoms with Crippen LogP contribution in [-0.4, -0.2) is 28.0 Å². The van der Waals surface area contributed by atoms with Crippen molar-refractivity contribution in [2.75, 3.05) is 11.4 Å². The van der Waals surface area contributed by atoms with Crippen molar-refractivity contribution >= 4 is 23.3 Å². The molecule has 1 aromatic heterocycles. The molecule has 0 unspecified atom stereocenters. The number of halogens is 4. The van der Waals surface area contributed by atoms with Gasteiger partial charge in [-0.05, 0) is 55.8 Å². The number of nitriles is 1. The first-order chi connectivity index (χ1) is 14.1. The minimum Gasteiger partial charge on any atom is -0.403 e. The van der Waals surface area contributed by atoms with E-state index in [1.807, 2.05) is 6.07 Å². The van der Waals surface area contributed by atoms with Crippen LogP contribution in [0.2, 0.25) is 5.02 Å². The first-order valence-electron chi connectivity index (χ1n) is 8.77. The molecule has 0 radical (unpaired) electrons. The molecule has 0 spiro atoms. The topological polar surface area (TPSA) is 86.2 Å². The molecule has 3 aromatic rings. The summed E-state index contributed by atoms with van der Waals surface area (Å²) in [5, 5.41) is 27.2. The molecule has 1 atom stereocenters. The number of aliphatic hydroxyl groups excluding tert-OH is 1. The maximum absolute atomic E-state index is 12.8. The Labute approximate surface area is 175 Å². The van der Waals surface area contributed by atoms with Gasteiger partial charge in [0.25, 0.3) is 0 Å². The summed E-state index contributed by atoms with van der Waals surface area (Å²) in [7, 11) is 0. The van der Waals surface area contributed by atoms with Crippen LogP contribution in [0.1, 0.15) is 23.6 Å². The Morgan fingerprint density at radius 3 is 2.43 bits per heavy atom. The van der Waals surface area contributed by atoms with Crippen LogP contribution in [0.25, 0.3) is 11.5 Å². The third-order valence-electron chi connectivity index (χ3n) is 4.32. The quantitative estimate of drug-likeness (QED) is 0.598. The highest BCUT2D eigenvalue weighted by molar-refractivity contribution is 6.32. The Balaban J connectivity index is 1.99. The van der Waals surface area contributed by atoms with Gasteiger partial charge in [-0.2, -0.15) is 18.4 Å². The van der Waals surface area contributed by atoms with Gasteiger partial charge in [0.2, 0.25) is 5.89 Å². The standard InChI is InChI=1S/C20H16ClF3N4O2/c1-11(29)10-28(16-8-5-14(9-25)17(21)12(16)2)19-27-26-18(30-19)13-3-6-15(7-4-13)20(22,23)24/h3-8,11,29H,10H2,1-2H3/t11-/m0/s1. The van der Waals surface area contributed by atoms with Gasteiger partial charge in [-0.3, -0.25) is 4.90 Å². The van der Waals surface area contributed by atoms with E-state index in [1.165, 1.54) is 23.1 Å². The van der Waals surface area contributed by atoms with E-state index in [-0.39, 0.29) is 23.5 Å². The number of nitrogens with zero attached hydrogens (tertiary/aromatic N) is 4. The lowest BCUT2D eigenvalue weighted by atomic mass is 10.1. The third-order valence-corrected chi connectivity index (χ3v) is 4.81. The first-order valence-corrected chi connectivity index (χ1v) is 9.15. The molecular formula is C20H16ClF3N4O2. The normalized spacial score (nSPS) is 12.5. The maximum Gasteiger partial charge on any atom is 0.416 e. The van der Waals surface area contributed by atoms with E-state index in [4.69, 9.17) is 21.3 Å². The summed E-state index contributed by atoms with van der Waals surface area (Å²) < 4.78 is 43.9. The van der Waals surface area contributed by atoms with Crippen LogP contribution in [0.5, 0.6) is 0 Å². The number of rotatable bonds is 5. The second-order valence-corrected chi connectivity index (χ2v) is 6.99. The van der Waals surface area contributed by atoms with Crippen LogP contribution in [0.3, 0.4) is 0 Å². The zero-order chi connectivity index (χ0) is 22.1. The van der Waals surface area contributed by atoms with Crippen LogP contribution >= 0.6 is 11.6 Å². The Morgan fingerprint density at radius 1 is 1.20 bits per heavy atom. The average Bonchev–Trinajstić information content (AvgIpc) is 3.18. The SMILES string of the molecule is Cc1c(N(C[C@H](C)O)c2nnc(-c3ccc(C(F)(F)F)cc3)o2)ccc(C#N)c1Cl. The Kier molecular flexibility index (Phi) is 6.01. The van der Waals surface area contributed by atoms with Crippen molar-refractivity contribution in [2.45, 2.75) is 26.1 Å². The molecule has 0 aliphatic rings. The van der Waals surface area contributed by atoms with Gasteiger partial charge in [-0.25, -0.2) is 0 Å². The molecule has 0 saturated carbocycles. The summed E-state index contributed by atoms with van der Waals surface area (Å²) in [6.45, 7) is 3.36. The molecule has 0 amide bonds. The molecule has 156 valence electrons. The number of anilines is 2. The average molecular weight is 437 g/mol. The summed E-state index contributed by atoms with van der Waals surface area (Å²) in [5.74, 6) is 0.0201. The number of benzene rings is 2. The zero-order valence-corrected chi connectivity index (χ0v) is 16.7. The second-order valence-electron chi connectivity index (χ2n) is 6.61. The minimum absolute atomic E-state index is 0.0201. The van der Waals surface area contributed by atoms with Crippen molar-refractivity contribution in [3.63, 3.8) is 0 Å². The Morgan fingerprint density at radius 2 is 1.87 bits per heavy atom. The molecule has 30 heavy (non-hydrogen) atoms. The van der Waals surface area contributed by atoms with Crippen LogP contribution in [-0.2, 0) is 6.18 Å². The monoisotopic (exact) mass is 436 g/mol. The molecule has 2 aromatic carbocycles. The molecule has 1 heterocycles. The Hall–Kier alpha value is -3.09. The van der Waals surface area contributed by atoms with Gasteiger partial charge in [-0.1, -0.05) is 16.7 Å². The molecule has 10 heteroatoms. The fraction of sp³-hybridized carbons (Fsp3) is 0.250. The lowest BCUT2D eigenvalue weighted by molar-refractivity contribution is -0.137. The smallest absolute Gasteiger partial charge is 0.403 e. The molecule has 3 rings (SSSR count). The maximum atomic E-state index is 12.8. The van der Waals surface area contributed by atoms with E-state index in [0.29, 0.717) is 22.4 Å². The highest BCUT2D eigenvalue weighted by Crippen LogP contribution is 2.35. The molecule has 0 saturated heterocycles. The van der Waals surface area contributed by atoms with Crippen molar-refractivity contribution in [3.8, 4) is 17.5 Å². The zero-order valence-electron chi connectivity index (χ0n) is 15.9. The predicted molar refractivity (Wildman–Crippen MR) is 104 cm³/mol. The molecule has 0 bridgehead atoms. The van der Waals surface area contributed by atoms with Crippen molar-refractivity contribution in [1.29, 1.82) is 5.26 Å². The fourth-order valence-electron chi connectivity index (χ4n) is 2.84. The van der Waals surface area contributed by atoms with Gasteiger partial charge in [0.15, 0.2) is 0 Å². The van der Waals surface area contributed by atoms with Crippen molar-refractivity contribution in [1.82, 2.24) is 10.2 Å². The molecule has 0 aliphatic heterocycles. The van der Waals surface area contributed by atoms with E-state index < -0.39 is 17.8 Å². The summed E-state index contributed by atoms with van der Waals surface area (Å²) in [4.78, 5) is 1.54. The summed E-state index contributed by atoms with van der Waals surface area (Å²) in [6.07, 6.45) is -5.22. The van der Waals surface area contributed by atoms with Gasteiger partial charge < -0.3 is 9.52 Å². The third kappa shape index (κ3) is 4.40. The highest BCUT2D eigenvalue weighted by atomic mass is 35.5. The lowest BCUT2D eigenvalue weighted by Crippen LogP contribution is -2.27. The van der Waals surface area contributed by atoms with Gasteiger partial charge in [0, 0.05) is 11.3 Å². The fourth-order valence-corrected chi connectivity index (χ4v) is 3.04. The summed E-state index contributed by atoms with van der Waals surface area (Å²) >= 11 is 6.25. The second kappa shape index (κ2) is 8.34. The van der Waals surface area contributed by atoms with Gasteiger partial charge in [-0.15, -0.1) is 5.10 Å². The van der Waals surface area contributed by atoms with E-state index in [1.54, 1.807) is 19.9 Å². The van der Waals surface area contributed by atoms with Crippen LogP contribution in [0.15, 0.2) is 40.8 Å². The van der Waals surface area contributed by atoms with E-state index in [0.717, 1.165) is 12.1 Å². The highest BCUT2D eigenvalue weighted by Gasteiger charge is 2.30. The molecule has 0 aliphatic carbocycles. The van der Waals surface area contributed by atoms with Crippen molar-refractivity contribution in [3.05, 3.63) is 58.1 Å². The van der Waals surface area contributed by atoms with Crippen LogP contribution < -0.4 is 4.90 Å². The van der Waals surface area contributed by atoms with Crippen molar-refractivity contribution < 1.29 is 22.7 Å². The van der Waals surface area contributed by atoms with Crippen molar-refractivity contribution in [2.24, 2.45) is 0 Å². The van der Waals surface area contributed by atoms with E-state index >= 15 is 0 Å². The summed E-state index contributed by atoms with van der Waals surface area (Å²) in [5.41, 5.74) is 0.942. The molecular weight excluding hydrogens is 421 g/mol. The number of aromatic nitrogens is 2. The van der Waals surface area contributed by atoms with Gasteiger partial charge in [0.05, 0.1) is 28.8 Å².